The number of carboxylic acids is 1. The molecule has 2 N–H and O–H groups in total. The Morgan fingerprint density at radius 1 is 0.905 bits per heavy atom. The van der Waals surface area contributed by atoms with E-state index < -0.39 is 17.2 Å². The van der Waals surface area contributed by atoms with E-state index in [1.807, 2.05) is 61.5 Å². The minimum atomic E-state index is -2.37. The summed E-state index contributed by atoms with van der Waals surface area (Å²) < 4.78 is 36.7. The summed E-state index contributed by atoms with van der Waals surface area (Å²) >= 11 is -0.656. The maximum absolute atomic E-state index is 12.9. The van der Waals surface area contributed by atoms with Crippen LogP contribution < -0.4 is 18.7 Å². The van der Waals surface area contributed by atoms with Crippen molar-refractivity contribution in [2.45, 2.75) is 37.7 Å². The first kappa shape index (κ1) is 31.2. The van der Waals surface area contributed by atoms with Crippen molar-refractivity contribution in [3.8, 4) is 17.2 Å². The van der Waals surface area contributed by atoms with E-state index in [1.165, 1.54) is 11.4 Å². The molecule has 0 bridgehead atoms. The van der Waals surface area contributed by atoms with Gasteiger partial charge in [-0.1, -0.05) is 51.1 Å². The van der Waals surface area contributed by atoms with Gasteiger partial charge in [-0.2, -0.15) is 11.8 Å². The van der Waals surface area contributed by atoms with Crippen LogP contribution in [0, 0.1) is 0 Å². The number of carbonyl (C=O) groups is 1. The number of nitrogens with zero attached hydrogens (tertiary/aromatic N) is 2. The molecule has 1 atom stereocenters. The number of hydrogen-bond donors (Lipinski definition) is 2. The maximum Gasteiger partial charge on any atom is 0.307 e. The van der Waals surface area contributed by atoms with Crippen LogP contribution in [-0.4, -0.2) is 45.8 Å². The maximum atomic E-state index is 12.9. The van der Waals surface area contributed by atoms with E-state index in [-0.39, 0.29) is 11.2 Å². The lowest BCUT2D eigenvalue weighted by Gasteiger charge is -2.25. The molecule has 4 aromatic carbocycles. The molecule has 0 heterocycles. The van der Waals surface area contributed by atoms with Gasteiger partial charge < -0.3 is 19.5 Å². The van der Waals surface area contributed by atoms with Gasteiger partial charge in [0.1, 0.15) is 5.75 Å². The zero-order valence-electron chi connectivity index (χ0n) is 24.6. The molecule has 0 aliphatic heterocycles. The highest BCUT2D eigenvalue weighted by Gasteiger charge is 2.22. The summed E-state index contributed by atoms with van der Waals surface area (Å²) in [4.78, 5) is 13.3. The van der Waals surface area contributed by atoms with Crippen LogP contribution in [0.1, 0.15) is 31.9 Å². The predicted octanol–water partition coefficient (Wildman–Crippen LogP) is 7.64. The quantitative estimate of drug-likeness (QED) is 0.168. The van der Waals surface area contributed by atoms with Crippen LogP contribution in [0.3, 0.4) is 0 Å². The van der Waals surface area contributed by atoms with Crippen molar-refractivity contribution in [3.63, 3.8) is 0 Å². The van der Waals surface area contributed by atoms with Crippen LogP contribution in [0.15, 0.2) is 72.8 Å². The average Bonchev–Trinajstić information content (AvgIpc) is 2.92. The first-order valence-corrected chi connectivity index (χ1v) is 15.4. The van der Waals surface area contributed by atoms with Crippen LogP contribution in [0.2, 0.25) is 0 Å². The molecular formula is C32H36N2O6S2. The highest BCUT2D eigenvalue weighted by Crippen LogP contribution is 2.41. The number of fused-ring (bicyclic) bond motifs is 1. The lowest BCUT2D eigenvalue weighted by molar-refractivity contribution is -0.136. The molecule has 4 aromatic rings. The van der Waals surface area contributed by atoms with Crippen LogP contribution in [0.4, 0.5) is 17.1 Å². The Labute approximate surface area is 253 Å². The summed E-state index contributed by atoms with van der Waals surface area (Å²) in [6.45, 7) is 6.36. The molecule has 0 aromatic heterocycles. The van der Waals surface area contributed by atoms with Crippen LogP contribution in [-0.2, 0) is 28.2 Å². The fourth-order valence-electron chi connectivity index (χ4n) is 4.56. The van der Waals surface area contributed by atoms with Gasteiger partial charge in [0.25, 0.3) is 11.3 Å². The number of hydrogen-bond acceptors (Lipinski definition) is 6. The molecular weight excluding hydrogens is 572 g/mol. The second kappa shape index (κ2) is 13.1. The van der Waals surface area contributed by atoms with Crippen molar-refractivity contribution in [1.29, 1.82) is 0 Å². The molecule has 0 amide bonds. The Balaban J connectivity index is 1.83. The minimum absolute atomic E-state index is 0.0515. The van der Waals surface area contributed by atoms with Crippen molar-refractivity contribution in [1.82, 2.24) is 0 Å². The largest absolute Gasteiger partial charge is 0.493 e. The number of methoxy groups -OCH3 is 1. The molecule has 10 heteroatoms. The van der Waals surface area contributed by atoms with Crippen LogP contribution >= 0.6 is 11.8 Å². The molecule has 0 aliphatic rings. The fraction of sp³-hybridized carbons (Fsp3) is 0.281. The summed E-state index contributed by atoms with van der Waals surface area (Å²) in [5.74, 6) is 1.02. The monoisotopic (exact) mass is 608 g/mol. The zero-order valence-corrected chi connectivity index (χ0v) is 26.2. The predicted molar refractivity (Wildman–Crippen MR) is 173 cm³/mol. The summed E-state index contributed by atoms with van der Waals surface area (Å²) in [7, 11) is 5.46. The van der Waals surface area contributed by atoms with Gasteiger partial charge in [-0.3, -0.25) is 9.35 Å². The Morgan fingerprint density at radius 3 is 2.14 bits per heavy atom. The number of rotatable bonds is 11. The van der Waals surface area contributed by atoms with Crippen LogP contribution in [0.25, 0.3) is 10.8 Å². The molecule has 1 unspecified atom stereocenters. The van der Waals surface area contributed by atoms with Crippen molar-refractivity contribution >= 4 is 56.8 Å². The molecule has 42 heavy (non-hydrogen) atoms. The number of aliphatic carboxylic acids is 1. The number of thioether (sulfide) groups is 1. The lowest BCUT2D eigenvalue weighted by atomic mass is 10.1. The standard InChI is InChI=1S/C32H36N2O6S2/c1-32(2,3)41-20-22-19-23(14-16-28(22)40-30-17-21(18-31(35)36)13-15-29(30)39-6)34(42(37)38)27-12-8-9-24-25(27)10-7-11-26(24)33(4)5/h7-17,19H,18,20H2,1-6H3,(H,35,36)(H,37,38). The van der Waals surface area contributed by atoms with E-state index in [4.69, 9.17) is 9.47 Å². The van der Waals surface area contributed by atoms with E-state index in [2.05, 4.69) is 20.8 Å². The topological polar surface area (TPSA) is 99.5 Å². The normalized spacial score (nSPS) is 12.2. The second-order valence-electron chi connectivity index (χ2n) is 10.9. The van der Waals surface area contributed by atoms with E-state index in [9.17, 15) is 18.7 Å². The Bertz CT molecular complexity index is 1620. The van der Waals surface area contributed by atoms with Gasteiger partial charge in [-0.25, -0.2) is 8.51 Å². The third-order valence-corrected chi connectivity index (χ3v) is 8.52. The summed E-state index contributed by atoms with van der Waals surface area (Å²) in [6.07, 6.45) is -0.149. The van der Waals surface area contributed by atoms with Crippen molar-refractivity contribution in [2.24, 2.45) is 0 Å². The molecule has 0 aliphatic carbocycles. The van der Waals surface area contributed by atoms with Crippen LogP contribution in [0.5, 0.6) is 17.2 Å². The smallest absolute Gasteiger partial charge is 0.307 e. The van der Waals surface area contributed by atoms with E-state index >= 15 is 0 Å². The highest BCUT2D eigenvalue weighted by molar-refractivity contribution is 7.99. The summed E-state index contributed by atoms with van der Waals surface area (Å²) in [6, 6.07) is 22.0. The molecule has 0 spiro atoms. The number of benzene rings is 4. The molecule has 8 nitrogen and oxygen atoms in total. The van der Waals surface area contributed by atoms with E-state index in [1.54, 1.807) is 42.1 Å². The number of carboxylic acid groups (broad SMARTS) is 1. The number of anilines is 3. The molecule has 0 radical (unpaired) electrons. The second-order valence-corrected chi connectivity index (χ2v) is 13.5. The summed E-state index contributed by atoms with van der Waals surface area (Å²) in [5, 5.41) is 11.1. The third kappa shape index (κ3) is 7.36. The van der Waals surface area contributed by atoms with E-state index in [0.717, 1.165) is 22.0 Å². The molecule has 222 valence electrons. The Kier molecular flexibility index (Phi) is 9.71. The molecule has 0 saturated heterocycles. The van der Waals surface area contributed by atoms with Crippen molar-refractivity contribution < 1.29 is 28.1 Å². The molecule has 0 saturated carbocycles. The van der Waals surface area contributed by atoms with Gasteiger partial charge in [-0.05, 0) is 48.0 Å². The van der Waals surface area contributed by atoms with Gasteiger partial charge in [0.05, 0.1) is 24.9 Å². The molecule has 4 rings (SSSR count). The van der Waals surface area contributed by atoms with E-state index in [0.29, 0.717) is 39.9 Å². The summed E-state index contributed by atoms with van der Waals surface area (Å²) in [5.41, 5.74) is 3.52. The SMILES string of the molecule is COc1ccc(CC(=O)O)cc1Oc1ccc(N(c2cccc3c(N(C)C)cccc23)S(=O)O)cc1CSC(C)(C)C. The average molecular weight is 609 g/mol. The Hall–Kier alpha value is -3.73. The van der Waals surface area contributed by atoms with Gasteiger partial charge in [0.15, 0.2) is 11.5 Å². The fourth-order valence-corrected chi connectivity index (χ4v) is 6.00. The van der Waals surface area contributed by atoms with Gasteiger partial charge >= 0.3 is 5.97 Å². The van der Waals surface area contributed by atoms with Gasteiger partial charge in [0.2, 0.25) is 0 Å². The third-order valence-electron chi connectivity index (χ3n) is 6.48. The lowest BCUT2D eigenvalue weighted by Crippen LogP contribution is -2.20. The Morgan fingerprint density at radius 2 is 1.55 bits per heavy atom. The first-order chi connectivity index (χ1) is 19.9. The first-order valence-electron chi connectivity index (χ1n) is 13.3. The highest BCUT2D eigenvalue weighted by atomic mass is 32.2. The van der Waals surface area contributed by atoms with Gasteiger partial charge in [-0.15, -0.1) is 0 Å². The van der Waals surface area contributed by atoms with Gasteiger partial charge in [0, 0.05) is 46.6 Å². The molecule has 0 fully saturated rings. The number of ether oxygens (including phenoxy) is 2. The van der Waals surface area contributed by atoms with Crippen molar-refractivity contribution in [2.75, 3.05) is 30.4 Å². The van der Waals surface area contributed by atoms with Crippen molar-refractivity contribution in [3.05, 3.63) is 83.9 Å². The minimum Gasteiger partial charge on any atom is -0.493 e. The zero-order chi connectivity index (χ0) is 30.6.